The molecule has 0 saturated carbocycles. The largest absolute Gasteiger partial charge is 0.494 e. The van der Waals surface area contributed by atoms with Crippen LogP contribution in [0.2, 0.25) is 0 Å². The Hall–Kier alpha value is -0.260. The molecule has 4 heteroatoms. The van der Waals surface area contributed by atoms with E-state index in [2.05, 4.69) is 50.7 Å². The maximum Gasteiger partial charge on any atom is 0.120 e. The van der Waals surface area contributed by atoms with Crippen molar-refractivity contribution >= 4 is 50.1 Å². The summed E-state index contributed by atoms with van der Waals surface area (Å²) in [4.78, 5) is 0. The first kappa shape index (κ1) is 15.1. The molecule has 0 heterocycles. The van der Waals surface area contributed by atoms with Crippen molar-refractivity contribution in [2.24, 2.45) is 0 Å². The van der Waals surface area contributed by atoms with Gasteiger partial charge in [-0.2, -0.15) is 0 Å². The molecular weight excluding hydrogens is 438 g/mol. The summed E-state index contributed by atoms with van der Waals surface area (Å²) < 4.78 is 7.62. The van der Waals surface area contributed by atoms with Crippen molar-refractivity contribution in [1.29, 1.82) is 0 Å². The molecule has 0 fully saturated rings. The van der Waals surface area contributed by atoms with Gasteiger partial charge in [-0.15, -0.1) is 11.6 Å². The lowest BCUT2D eigenvalue weighted by Crippen LogP contribution is -1.97. The van der Waals surface area contributed by atoms with Gasteiger partial charge in [-0.3, -0.25) is 0 Å². The molecule has 0 N–H and O–H groups in total. The van der Waals surface area contributed by atoms with E-state index < -0.39 is 0 Å². The van der Waals surface area contributed by atoms with E-state index in [1.807, 2.05) is 37.3 Å². The maximum absolute atomic E-state index is 6.56. The van der Waals surface area contributed by atoms with Crippen LogP contribution in [0.15, 0.2) is 46.9 Å². The Kier molecular flexibility index (Phi) is 5.54. The molecule has 19 heavy (non-hydrogen) atoms. The first-order valence-corrected chi connectivity index (χ1v) is 8.24. The zero-order valence-corrected chi connectivity index (χ0v) is 14.9. The molecule has 2 aromatic rings. The van der Waals surface area contributed by atoms with Gasteiger partial charge in [0.2, 0.25) is 0 Å². The third-order valence-corrected chi connectivity index (χ3v) is 4.54. The highest BCUT2D eigenvalue weighted by atomic mass is 127. The van der Waals surface area contributed by atoms with Gasteiger partial charge in [0.05, 0.1) is 12.0 Å². The molecule has 0 aliphatic rings. The summed E-state index contributed by atoms with van der Waals surface area (Å²) in [5.74, 6) is 0.852. The topological polar surface area (TPSA) is 9.23 Å². The van der Waals surface area contributed by atoms with Crippen molar-refractivity contribution in [3.63, 3.8) is 0 Å². The molecule has 2 rings (SSSR count). The van der Waals surface area contributed by atoms with Crippen molar-refractivity contribution in [2.75, 3.05) is 6.61 Å². The lowest BCUT2D eigenvalue weighted by atomic mass is 10.0. The molecule has 0 aromatic heterocycles. The number of rotatable bonds is 4. The predicted molar refractivity (Wildman–Crippen MR) is 92.2 cm³/mol. The number of alkyl halides is 1. The van der Waals surface area contributed by atoms with Crippen LogP contribution >= 0.6 is 50.1 Å². The van der Waals surface area contributed by atoms with E-state index in [4.69, 9.17) is 16.3 Å². The van der Waals surface area contributed by atoms with Gasteiger partial charge in [0.15, 0.2) is 0 Å². The Labute approximate surface area is 140 Å². The highest BCUT2D eigenvalue weighted by molar-refractivity contribution is 14.1. The number of halogens is 3. The van der Waals surface area contributed by atoms with Gasteiger partial charge in [-0.1, -0.05) is 34.1 Å². The van der Waals surface area contributed by atoms with Crippen molar-refractivity contribution < 1.29 is 4.74 Å². The summed E-state index contributed by atoms with van der Waals surface area (Å²) >= 11 is 12.4. The fourth-order valence-corrected chi connectivity index (χ4v) is 3.43. The van der Waals surface area contributed by atoms with Gasteiger partial charge >= 0.3 is 0 Å². The second kappa shape index (κ2) is 6.95. The smallest absolute Gasteiger partial charge is 0.120 e. The van der Waals surface area contributed by atoms with E-state index in [0.717, 1.165) is 21.3 Å². The monoisotopic (exact) mass is 450 g/mol. The van der Waals surface area contributed by atoms with Crippen LogP contribution < -0.4 is 4.74 Å². The van der Waals surface area contributed by atoms with Crippen molar-refractivity contribution in [1.82, 2.24) is 0 Å². The minimum atomic E-state index is -0.167. The molecule has 1 unspecified atom stereocenters. The van der Waals surface area contributed by atoms with E-state index in [1.165, 1.54) is 3.57 Å². The van der Waals surface area contributed by atoms with Crippen LogP contribution in [0.1, 0.15) is 23.4 Å². The van der Waals surface area contributed by atoms with E-state index in [9.17, 15) is 0 Å². The van der Waals surface area contributed by atoms with Crippen LogP contribution in [0.5, 0.6) is 5.75 Å². The molecule has 0 amide bonds. The van der Waals surface area contributed by atoms with Gasteiger partial charge in [0.25, 0.3) is 0 Å². The first-order valence-electron chi connectivity index (χ1n) is 5.93. The molecular formula is C15H13BrClIO. The maximum atomic E-state index is 6.56. The fraction of sp³-hybridized carbons (Fsp3) is 0.200. The van der Waals surface area contributed by atoms with Gasteiger partial charge in [-0.25, -0.2) is 0 Å². The quantitative estimate of drug-likeness (QED) is 0.423. The van der Waals surface area contributed by atoms with Crippen molar-refractivity contribution in [3.05, 3.63) is 61.6 Å². The number of hydrogen-bond acceptors (Lipinski definition) is 1. The van der Waals surface area contributed by atoms with Crippen molar-refractivity contribution in [3.8, 4) is 5.75 Å². The molecule has 2 aromatic carbocycles. The number of ether oxygens (including phenoxy) is 1. The van der Waals surface area contributed by atoms with Crippen LogP contribution in [0.25, 0.3) is 0 Å². The second-order valence-corrected chi connectivity index (χ2v) is 6.57. The highest BCUT2D eigenvalue weighted by Crippen LogP contribution is 2.36. The predicted octanol–water partition coefficient (Wildman–Crippen LogP) is 5.78. The Balaban J connectivity index is 2.31. The van der Waals surface area contributed by atoms with E-state index in [-0.39, 0.29) is 5.38 Å². The summed E-state index contributed by atoms with van der Waals surface area (Å²) in [5.41, 5.74) is 2.14. The summed E-state index contributed by atoms with van der Waals surface area (Å²) in [5, 5.41) is -0.167. The highest BCUT2D eigenvalue weighted by Gasteiger charge is 2.14. The molecule has 0 spiro atoms. The van der Waals surface area contributed by atoms with Crippen molar-refractivity contribution in [2.45, 2.75) is 12.3 Å². The third kappa shape index (κ3) is 3.86. The summed E-state index contributed by atoms with van der Waals surface area (Å²) in [6, 6.07) is 14.1. The second-order valence-electron chi connectivity index (χ2n) is 4.03. The van der Waals surface area contributed by atoms with E-state index in [0.29, 0.717) is 6.61 Å². The zero-order chi connectivity index (χ0) is 13.8. The average molecular weight is 452 g/mol. The molecule has 100 valence electrons. The van der Waals surface area contributed by atoms with Gasteiger partial charge in [0, 0.05) is 8.04 Å². The Morgan fingerprint density at radius 3 is 2.68 bits per heavy atom. The third-order valence-electron chi connectivity index (χ3n) is 2.70. The Morgan fingerprint density at radius 1 is 1.26 bits per heavy atom. The minimum absolute atomic E-state index is 0.167. The Morgan fingerprint density at radius 2 is 2.05 bits per heavy atom. The van der Waals surface area contributed by atoms with Crippen LogP contribution in [-0.4, -0.2) is 6.61 Å². The van der Waals surface area contributed by atoms with Crippen LogP contribution in [0.3, 0.4) is 0 Å². The SMILES string of the molecule is CCOc1ccc(C(Cl)c2cccc(I)c2)c(Br)c1. The fourth-order valence-electron chi connectivity index (χ4n) is 1.81. The standard InChI is InChI=1S/C15H13BrClIO/c1-2-19-12-6-7-13(14(16)9-12)15(17)10-4-3-5-11(18)8-10/h3-9,15H,2H2,1H3. The first-order chi connectivity index (χ1) is 9.11. The number of benzene rings is 2. The molecule has 1 atom stereocenters. The summed E-state index contributed by atoms with van der Waals surface area (Å²) in [7, 11) is 0. The molecule has 1 nitrogen and oxygen atoms in total. The van der Waals surface area contributed by atoms with E-state index in [1.54, 1.807) is 0 Å². The normalized spacial score (nSPS) is 12.2. The molecule has 0 saturated heterocycles. The van der Waals surface area contributed by atoms with Gasteiger partial charge in [0.1, 0.15) is 5.75 Å². The van der Waals surface area contributed by atoms with E-state index >= 15 is 0 Å². The zero-order valence-electron chi connectivity index (χ0n) is 10.4. The number of hydrogen-bond donors (Lipinski definition) is 0. The van der Waals surface area contributed by atoms with Gasteiger partial charge in [-0.05, 0) is 64.9 Å². The molecule has 0 aliphatic carbocycles. The average Bonchev–Trinajstić information content (AvgIpc) is 2.38. The lowest BCUT2D eigenvalue weighted by molar-refractivity contribution is 0.340. The van der Waals surface area contributed by atoms with Gasteiger partial charge < -0.3 is 4.74 Å². The summed E-state index contributed by atoms with van der Waals surface area (Å²) in [6.45, 7) is 2.63. The van der Waals surface area contributed by atoms with Crippen LogP contribution in [0.4, 0.5) is 0 Å². The minimum Gasteiger partial charge on any atom is -0.494 e. The summed E-state index contributed by atoms with van der Waals surface area (Å²) in [6.07, 6.45) is 0. The Bertz CT molecular complexity index is 574. The van der Waals surface area contributed by atoms with Crippen LogP contribution in [-0.2, 0) is 0 Å². The molecule has 0 bridgehead atoms. The van der Waals surface area contributed by atoms with Crippen LogP contribution in [0, 0.1) is 3.57 Å². The lowest BCUT2D eigenvalue weighted by Gasteiger charge is -2.14. The molecule has 0 aliphatic heterocycles. The molecule has 0 radical (unpaired) electrons.